The highest BCUT2D eigenvalue weighted by Crippen LogP contribution is 2.28. The van der Waals surface area contributed by atoms with Gasteiger partial charge in [-0.2, -0.15) is 5.10 Å². The minimum Gasteiger partial charge on any atom is -0.342 e. The largest absolute Gasteiger partial charge is 0.342 e. The number of H-pyrrole nitrogens is 2. The van der Waals surface area contributed by atoms with Gasteiger partial charge < -0.3 is 4.90 Å². The molecule has 0 bridgehead atoms. The summed E-state index contributed by atoms with van der Waals surface area (Å²) in [4.78, 5) is 26.1. The molecule has 7 nitrogen and oxygen atoms in total. The molecule has 0 unspecified atom stereocenters. The van der Waals surface area contributed by atoms with E-state index in [0.29, 0.717) is 6.54 Å². The van der Waals surface area contributed by atoms with E-state index in [1.54, 1.807) is 11.3 Å². The van der Waals surface area contributed by atoms with Crippen molar-refractivity contribution in [2.24, 2.45) is 0 Å². The van der Waals surface area contributed by atoms with Crippen molar-refractivity contribution in [3.63, 3.8) is 0 Å². The third-order valence-corrected chi connectivity index (χ3v) is 6.31. The average Bonchev–Trinajstić information content (AvgIpc) is 3.43. The lowest BCUT2D eigenvalue weighted by Gasteiger charge is -2.28. The second-order valence-corrected chi connectivity index (χ2v) is 8.16. The smallest absolute Gasteiger partial charge is 0.255 e. The topological polar surface area (TPSA) is 80.9 Å². The molecule has 27 heavy (non-hydrogen) atoms. The summed E-state index contributed by atoms with van der Waals surface area (Å²) in [7, 11) is 0. The van der Waals surface area contributed by atoms with Crippen LogP contribution in [0.2, 0.25) is 0 Å². The molecule has 0 aromatic carbocycles. The van der Waals surface area contributed by atoms with Gasteiger partial charge in [-0.05, 0) is 30.7 Å². The second kappa shape index (κ2) is 6.94. The first-order valence-electron chi connectivity index (χ1n) is 9.43. The lowest BCUT2D eigenvalue weighted by atomic mass is 10.1. The fourth-order valence-corrected chi connectivity index (χ4v) is 4.76. The molecule has 0 atom stereocenters. The van der Waals surface area contributed by atoms with Crippen LogP contribution in [-0.2, 0) is 19.5 Å². The molecule has 0 aliphatic carbocycles. The predicted molar refractivity (Wildman–Crippen MR) is 106 cm³/mol. The monoisotopic (exact) mass is 382 g/mol. The van der Waals surface area contributed by atoms with Crippen LogP contribution in [0.25, 0.3) is 10.6 Å². The highest BCUT2D eigenvalue weighted by Gasteiger charge is 2.24. The van der Waals surface area contributed by atoms with Gasteiger partial charge in [0.15, 0.2) is 0 Å². The average molecular weight is 382 g/mol. The molecule has 0 saturated carbocycles. The van der Waals surface area contributed by atoms with Crippen molar-refractivity contribution in [2.75, 3.05) is 24.5 Å². The Morgan fingerprint density at radius 2 is 2.11 bits per heavy atom. The molecule has 0 amide bonds. The van der Waals surface area contributed by atoms with Crippen molar-refractivity contribution < 1.29 is 0 Å². The molecule has 2 aliphatic heterocycles. The number of aromatic nitrogens is 4. The Morgan fingerprint density at radius 1 is 1.22 bits per heavy atom. The maximum Gasteiger partial charge on any atom is 0.255 e. The van der Waals surface area contributed by atoms with E-state index in [2.05, 4.69) is 42.5 Å². The number of fused-ring (bicyclic) bond motifs is 1. The van der Waals surface area contributed by atoms with E-state index < -0.39 is 0 Å². The van der Waals surface area contributed by atoms with Gasteiger partial charge in [-0.1, -0.05) is 6.07 Å². The number of nitrogens with zero attached hydrogens (tertiary/aromatic N) is 4. The molecule has 3 aromatic heterocycles. The van der Waals surface area contributed by atoms with E-state index in [9.17, 15) is 4.79 Å². The maximum atomic E-state index is 12.5. The number of nitrogens with one attached hydrogen (secondary N) is 2. The molecule has 0 radical (unpaired) electrons. The minimum absolute atomic E-state index is 0.0316. The van der Waals surface area contributed by atoms with Gasteiger partial charge in [0.05, 0.1) is 22.5 Å². The van der Waals surface area contributed by atoms with Crippen molar-refractivity contribution in [3.8, 4) is 10.6 Å². The van der Waals surface area contributed by atoms with Gasteiger partial charge >= 0.3 is 0 Å². The number of anilines is 1. The fourth-order valence-electron chi connectivity index (χ4n) is 4.00. The lowest BCUT2D eigenvalue weighted by Crippen LogP contribution is -2.36. The predicted octanol–water partition coefficient (Wildman–Crippen LogP) is 2.38. The van der Waals surface area contributed by atoms with Crippen LogP contribution in [0.5, 0.6) is 0 Å². The summed E-state index contributed by atoms with van der Waals surface area (Å²) in [5.41, 5.74) is 4.08. The zero-order valence-electron chi connectivity index (χ0n) is 15.1. The van der Waals surface area contributed by atoms with Gasteiger partial charge in [-0.25, -0.2) is 4.98 Å². The van der Waals surface area contributed by atoms with Crippen molar-refractivity contribution >= 4 is 17.3 Å². The zero-order valence-corrected chi connectivity index (χ0v) is 15.9. The summed E-state index contributed by atoms with van der Waals surface area (Å²) in [6, 6.07) is 4.16. The number of rotatable bonds is 4. The van der Waals surface area contributed by atoms with Gasteiger partial charge in [0.25, 0.3) is 5.56 Å². The first kappa shape index (κ1) is 16.7. The normalized spacial score (nSPS) is 17.4. The fraction of sp³-hybridized carbons (Fsp3) is 0.421. The van der Waals surface area contributed by atoms with Gasteiger partial charge in [-0.15, -0.1) is 11.3 Å². The van der Waals surface area contributed by atoms with Crippen molar-refractivity contribution in [1.29, 1.82) is 0 Å². The van der Waals surface area contributed by atoms with Crippen LogP contribution in [-0.4, -0.2) is 44.7 Å². The lowest BCUT2D eigenvalue weighted by molar-refractivity contribution is 0.241. The van der Waals surface area contributed by atoms with Crippen molar-refractivity contribution in [2.45, 2.75) is 32.4 Å². The molecule has 2 N–H and O–H groups in total. The zero-order chi connectivity index (χ0) is 18.2. The summed E-state index contributed by atoms with van der Waals surface area (Å²) in [6.07, 6.45) is 4.98. The van der Waals surface area contributed by atoms with Crippen LogP contribution < -0.4 is 10.5 Å². The van der Waals surface area contributed by atoms with Gasteiger partial charge in [0, 0.05) is 43.9 Å². The van der Waals surface area contributed by atoms with E-state index in [4.69, 9.17) is 4.98 Å². The molecule has 0 spiro atoms. The Bertz CT molecular complexity index is 986. The number of aromatic amines is 2. The van der Waals surface area contributed by atoms with E-state index in [-0.39, 0.29) is 5.56 Å². The summed E-state index contributed by atoms with van der Waals surface area (Å²) < 4.78 is 0. The SMILES string of the molecule is O=c1[nH]c(N2CCCC2)nc2c1CCN(Cc1cn[nH]c1-c1cccs1)C2. The highest BCUT2D eigenvalue weighted by atomic mass is 32.1. The Labute approximate surface area is 161 Å². The molecule has 8 heteroatoms. The van der Waals surface area contributed by atoms with Gasteiger partial charge in [0.2, 0.25) is 5.95 Å². The third kappa shape index (κ3) is 3.19. The van der Waals surface area contributed by atoms with Crippen LogP contribution in [0.4, 0.5) is 5.95 Å². The third-order valence-electron chi connectivity index (χ3n) is 5.43. The van der Waals surface area contributed by atoms with Gasteiger partial charge in [0.1, 0.15) is 0 Å². The van der Waals surface area contributed by atoms with Crippen LogP contribution in [0.1, 0.15) is 29.7 Å². The number of hydrogen-bond donors (Lipinski definition) is 2. The van der Waals surface area contributed by atoms with Crippen LogP contribution >= 0.6 is 11.3 Å². The summed E-state index contributed by atoms with van der Waals surface area (Å²) in [5, 5.41) is 9.45. The molecule has 1 saturated heterocycles. The quantitative estimate of drug-likeness (QED) is 0.724. The Hall–Kier alpha value is -2.45. The molecule has 140 valence electrons. The molecule has 5 rings (SSSR count). The molecule has 5 heterocycles. The molecule has 1 fully saturated rings. The van der Waals surface area contributed by atoms with Crippen LogP contribution in [0.15, 0.2) is 28.5 Å². The summed E-state index contributed by atoms with van der Waals surface area (Å²) in [6.45, 7) is 4.32. The minimum atomic E-state index is 0.0316. The van der Waals surface area contributed by atoms with Crippen LogP contribution in [0, 0.1) is 0 Å². The van der Waals surface area contributed by atoms with Crippen molar-refractivity contribution in [1.82, 2.24) is 25.1 Å². The van der Waals surface area contributed by atoms with Crippen molar-refractivity contribution in [3.05, 3.63) is 50.9 Å². The van der Waals surface area contributed by atoms with E-state index in [0.717, 1.165) is 55.5 Å². The van der Waals surface area contributed by atoms with Gasteiger partial charge in [-0.3, -0.25) is 19.8 Å². The standard InChI is InChI=1S/C19H22N6OS/c26-18-14-5-8-24(11-13-10-20-23-17(13)16-4-3-9-27-16)12-15(14)21-19(22-18)25-6-1-2-7-25/h3-4,9-10H,1-2,5-8,11-12H2,(H,20,23)(H,21,22,26). The summed E-state index contributed by atoms with van der Waals surface area (Å²) in [5.74, 6) is 0.737. The number of hydrogen-bond acceptors (Lipinski definition) is 6. The second-order valence-electron chi connectivity index (χ2n) is 7.22. The summed E-state index contributed by atoms with van der Waals surface area (Å²) >= 11 is 1.71. The highest BCUT2D eigenvalue weighted by molar-refractivity contribution is 7.13. The Morgan fingerprint density at radius 3 is 2.93 bits per heavy atom. The first-order chi connectivity index (χ1) is 13.3. The first-order valence-corrected chi connectivity index (χ1v) is 10.3. The Kier molecular flexibility index (Phi) is 4.29. The van der Waals surface area contributed by atoms with Crippen LogP contribution in [0.3, 0.4) is 0 Å². The molecular formula is C19H22N6OS. The van der Waals surface area contributed by atoms with E-state index in [1.165, 1.54) is 23.3 Å². The van der Waals surface area contributed by atoms with E-state index in [1.807, 2.05) is 6.20 Å². The maximum absolute atomic E-state index is 12.5. The Balaban J connectivity index is 1.38. The van der Waals surface area contributed by atoms with E-state index >= 15 is 0 Å². The number of thiophene rings is 1. The molecule has 3 aromatic rings. The molecular weight excluding hydrogens is 360 g/mol. The molecule has 2 aliphatic rings.